The Labute approximate surface area is 89.6 Å². The van der Waals surface area contributed by atoms with Crippen LogP contribution in [0.2, 0.25) is 0 Å². The standard InChI is InChI=1S/C10H18N2OS/c1-7-10(13)12(6-11-7)8-4-3-5-9(8)14-2/h7-9,11H,3-6H2,1-2H3. The Bertz CT molecular complexity index is 234. The summed E-state index contributed by atoms with van der Waals surface area (Å²) in [5.41, 5.74) is 0. The van der Waals surface area contributed by atoms with Crippen molar-refractivity contribution in [3.05, 3.63) is 0 Å². The summed E-state index contributed by atoms with van der Waals surface area (Å²) in [4.78, 5) is 13.8. The Morgan fingerprint density at radius 1 is 1.50 bits per heavy atom. The normalized spacial score (nSPS) is 38.3. The molecule has 0 aromatic rings. The summed E-state index contributed by atoms with van der Waals surface area (Å²) in [6.45, 7) is 2.70. The number of rotatable bonds is 2. The third kappa shape index (κ3) is 1.65. The summed E-state index contributed by atoms with van der Waals surface area (Å²) in [7, 11) is 0. The van der Waals surface area contributed by atoms with Gasteiger partial charge in [-0.3, -0.25) is 10.1 Å². The van der Waals surface area contributed by atoms with Crippen molar-refractivity contribution in [3.8, 4) is 0 Å². The van der Waals surface area contributed by atoms with Crippen molar-refractivity contribution in [1.29, 1.82) is 0 Å². The molecule has 2 aliphatic rings. The van der Waals surface area contributed by atoms with Gasteiger partial charge in [0, 0.05) is 11.3 Å². The predicted octanol–water partition coefficient (Wildman–Crippen LogP) is 1.05. The van der Waals surface area contributed by atoms with Gasteiger partial charge < -0.3 is 4.90 Å². The van der Waals surface area contributed by atoms with Crippen molar-refractivity contribution in [1.82, 2.24) is 10.2 Å². The lowest BCUT2D eigenvalue weighted by atomic mass is 10.2. The summed E-state index contributed by atoms with van der Waals surface area (Å²) >= 11 is 1.91. The molecule has 2 fully saturated rings. The summed E-state index contributed by atoms with van der Waals surface area (Å²) in [5.74, 6) is 0.288. The van der Waals surface area contributed by atoms with Crippen LogP contribution >= 0.6 is 11.8 Å². The molecule has 0 radical (unpaired) electrons. The van der Waals surface area contributed by atoms with Crippen LogP contribution in [0.5, 0.6) is 0 Å². The van der Waals surface area contributed by atoms with E-state index < -0.39 is 0 Å². The topological polar surface area (TPSA) is 32.3 Å². The van der Waals surface area contributed by atoms with Crippen molar-refractivity contribution in [2.75, 3.05) is 12.9 Å². The minimum atomic E-state index is 0.0260. The van der Waals surface area contributed by atoms with Gasteiger partial charge in [0.15, 0.2) is 0 Å². The monoisotopic (exact) mass is 214 g/mol. The minimum absolute atomic E-state index is 0.0260. The molecule has 0 bridgehead atoms. The first-order valence-electron chi connectivity index (χ1n) is 5.30. The molecule has 1 saturated carbocycles. The van der Waals surface area contributed by atoms with Gasteiger partial charge in [0.2, 0.25) is 5.91 Å². The second kappa shape index (κ2) is 4.11. The van der Waals surface area contributed by atoms with Crippen LogP contribution < -0.4 is 5.32 Å². The Balaban J connectivity index is 2.04. The van der Waals surface area contributed by atoms with Gasteiger partial charge in [-0.1, -0.05) is 6.42 Å². The fraction of sp³-hybridized carbons (Fsp3) is 0.900. The van der Waals surface area contributed by atoms with Gasteiger partial charge in [0.1, 0.15) is 0 Å². The number of carbonyl (C=O) groups excluding carboxylic acids is 1. The van der Waals surface area contributed by atoms with E-state index in [1.807, 2.05) is 23.6 Å². The van der Waals surface area contributed by atoms with Gasteiger partial charge in [0.25, 0.3) is 0 Å². The van der Waals surface area contributed by atoms with Crippen LogP contribution in [0.1, 0.15) is 26.2 Å². The third-order valence-electron chi connectivity index (χ3n) is 3.34. The van der Waals surface area contributed by atoms with E-state index in [4.69, 9.17) is 0 Å². The maximum absolute atomic E-state index is 11.8. The van der Waals surface area contributed by atoms with Crippen LogP contribution in [0.3, 0.4) is 0 Å². The molecule has 1 aliphatic heterocycles. The molecule has 14 heavy (non-hydrogen) atoms. The molecule has 1 N–H and O–H groups in total. The smallest absolute Gasteiger partial charge is 0.240 e. The highest BCUT2D eigenvalue weighted by atomic mass is 32.2. The Morgan fingerprint density at radius 2 is 2.29 bits per heavy atom. The van der Waals surface area contributed by atoms with Gasteiger partial charge in [-0.15, -0.1) is 0 Å². The maximum Gasteiger partial charge on any atom is 0.240 e. The van der Waals surface area contributed by atoms with Gasteiger partial charge in [-0.05, 0) is 26.0 Å². The fourth-order valence-corrected chi connectivity index (χ4v) is 3.47. The fourth-order valence-electron chi connectivity index (χ4n) is 2.47. The summed E-state index contributed by atoms with van der Waals surface area (Å²) in [6, 6.07) is 0.507. The molecule has 0 aromatic carbocycles. The molecule has 3 unspecified atom stereocenters. The molecule has 1 aliphatic carbocycles. The average Bonchev–Trinajstić information content (AvgIpc) is 2.75. The lowest BCUT2D eigenvalue weighted by Crippen LogP contribution is -2.41. The highest BCUT2D eigenvalue weighted by Crippen LogP contribution is 2.33. The number of nitrogens with zero attached hydrogens (tertiary/aromatic N) is 1. The lowest BCUT2D eigenvalue weighted by Gasteiger charge is -2.27. The summed E-state index contributed by atoms with van der Waals surface area (Å²) < 4.78 is 0. The van der Waals surface area contributed by atoms with E-state index in [1.165, 1.54) is 19.3 Å². The second-order valence-corrected chi connectivity index (χ2v) is 5.24. The zero-order chi connectivity index (χ0) is 10.1. The SMILES string of the molecule is CSC1CCCC1N1CNC(C)C1=O. The van der Waals surface area contributed by atoms with Crippen molar-refractivity contribution in [2.45, 2.75) is 43.5 Å². The van der Waals surface area contributed by atoms with Gasteiger partial charge in [0.05, 0.1) is 12.7 Å². The first kappa shape index (κ1) is 10.3. The highest BCUT2D eigenvalue weighted by Gasteiger charge is 2.38. The molecule has 1 amide bonds. The van der Waals surface area contributed by atoms with Gasteiger partial charge in [-0.25, -0.2) is 0 Å². The van der Waals surface area contributed by atoms with E-state index in [-0.39, 0.29) is 11.9 Å². The molecular weight excluding hydrogens is 196 g/mol. The predicted molar refractivity (Wildman–Crippen MR) is 59.3 cm³/mol. The largest absolute Gasteiger partial charge is 0.324 e. The van der Waals surface area contributed by atoms with E-state index in [0.29, 0.717) is 11.3 Å². The molecule has 80 valence electrons. The van der Waals surface area contributed by atoms with Crippen molar-refractivity contribution >= 4 is 17.7 Å². The number of hydrogen-bond donors (Lipinski definition) is 1. The van der Waals surface area contributed by atoms with Crippen LogP contribution in [0.15, 0.2) is 0 Å². The number of thioether (sulfide) groups is 1. The molecule has 3 atom stereocenters. The summed E-state index contributed by atoms with van der Waals surface area (Å²) in [6.07, 6.45) is 5.88. The zero-order valence-electron chi connectivity index (χ0n) is 8.82. The molecule has 1 heterocycles. The highest BCUT2D eigenvalue weighted by molar-refractivity contribution is 7.99. The van der Waals surface area contributed by atoms with Crippen LogP contribution in [-0.2, 0) is 4.79 Å². The van der Waals surface area contributed by atoms with Crippen molar-refractivity contribution < 1.29 is 4.79 Å². The van der Waals surface area contributed by atoms with Crippen molar-refractivity contribution in [2.24, 2.45) is 0 Å². The molecule has 4 heteroatoms. The molecule has 0 aromatic heterocycles. The lowest BCUT2D eigenvalue weighted by molar-refractivity contribution is -0.130. The minimum Gasteiger partial charge on any atom is -0.324 e. The average molecular weight is 214 g/mol. The first-order valence-corrected chi connectivity index (χ1v) is 6.59. The molecule has 1 saturated heterocycles. The van der Waals surface area contributed by atoms with Crippen molar-refractivity contribution in [3.63, 3.8) is 0 Å². The van der Waals surface area contributed by atoms with E-state index in [9.17, 15) is 4.79 Å². The Morgan fingerprint density at radius 3 is 2.86 bits per heavy atom. The molecule has 0 spiro atoms. The number of carbonyl (C=O) groups is 1. The summed E-state index contributed by atoms with van der Waals surface area (Å²) in [5, 5.41) is 3.87. The number of nitrogens with one attached hydrogen (secondary N) is 1. The maximum atomic E-state index is 11.8. The van der Waals surface area contributed by atoms with Gasteiger partial charge >= 0.3 is 0 Å². The van der Waals surface area contributed by atoms with Crippen LogP contribution in [0, 0.1) is 0 Å². The van der Waals surface area contributed by atoms with Crippen LogP contribution in [0.25, 0.3) is 0 Å². The van der Waals surface area contributed by atoms with Gasteiger partial charge in [-0.2, -0.15) is 11.8 Å². The third-order valence-corrected chi connectivity index (χ3v) is 4.50. The zero-order valence-corrected chi connectivity index (χ0v) is 9.64. The van der Waals surface area contributed by atoms with E-state index in [1.54, 1.807) is 0 Å². The quantitative estimate of drug-likeness (QED) is 0.745. The molecule has 3 nitrogen and oxygen atoms in total. The molecular formula is C10H18N2OS. The van der Waals surface area contributed by atoms with E-state index >= 15 is 0 Å². The first-order chi connectivity index (χ1) is 6.74. The van der Waals surface area contributed by atoms with E-state index in [0.717, 1.165) is 6.67 Å². The number of amides is 1. The van der Waals surface area contributed by atoms with Crippen LogP contribution in [-0.4, -0.2) is 41.1 Å². The Hall–Kier alpha value is -0.220. The van der Waals surface area contributed by atoms with Crippen LogP contribution in [0.4, 0.5) is 0 Å². The number of hydrogen-bond acceptors (Lipinski definition) is 3. The second-order valence-electron chi connectivity index (χ2n) is 4.16. The Kier molecular flexibility index (Phi) is 3.02. The molecule has 2 rings (SSSR count). The van der Waals surface area contributed by atoms with E-state index in [2.05, 4.69) is 11.6 Å².